The Bertz CT molecular complexity index is 1100. The Morgan fingerprint density at radius 1 is 1.17 bits per heavy atom. The lowest BCUT2D eigenvalue weighted by molar-refractivity contribution is -0.137. The molecule has 1 aromatic heterocycles. The summed E-state index contributed by atoms with van der Waals surface area (Å²) in [6, 6.07) is 3.08. The highest BCUT2D eigenvalue weighted by Crippen LogP contribution is 2.36. The van der Waals surface area contributed by atoms with Gasteiger partial charge in [0.25, 0.3) is 0 Å². The number of halogens is 4. The van der Waals surface area contributed by atoms with Gasteiger partial charge in [0.1, 0.15) is 6.33 Å². The largest absolute Gasteiger partial charge is 0.417 e. The SMILES string of the molecule is O=S(=O)(c1ccc(Cl)c(C(F)(F)F)c1)N1CCN(Cn2ncn(C3CC3)c2=S)CC1. The Hall–Kier alpha value is -1.47. The monoisotopic (exact) mass is 481 g/mol. The number of rotatable bonds is 5. The summed E-state index contributed by atoms with van der Waals surface area (Å²) in [6.07, 6.45) is -0.821. The van der Waals surface area contributed by atoms with Crippen molar-refractivity contribution in [2.75, 3.05) is 26.2 Å². The molecule has 0 radical (unpaired) electrons. The first kappa shape index (κ1) is 21.8. The minimum atomic E-state index is -4.73. The van der Waals surface area contributed by atoms with Crippen LogP contribution in [0.2, 0.25) is 5.02 Å². The number of piperazine rings is 1. The second kappa shape index (κ2) is 7.90. The van der Waals surface area contributed by atoms with Gasteiger partial charge in [0, 0.05) is 32.2 Å². The van der Waals surface area contributed by atoms with Crippen molar-refractivity contribution in [3.8, 4) is 0 Å². The zero-order valence-corrected chi connectivity index (χ0v) is 18.1. The Labute approximate surface area is 181 Å². The van der Waals surface area contributed by atoms with E-state index in [9.17, 15) is 21.6 Å². The molecule has 2 fully saturated rings. The topological polar surface area (TPSA) is 63.4 Å². The quantitative estimate of drug-likeness (QED) is 0.613. The summed E-state index contributed by atoms with van der Waals surface area (Å²) >= 11 is 11.0. The van der Waals surface area contributed by atoms with Gasteiger partial charge in [-0.1, -0.05) is 11.6 Å². The summed E-state index contributed by atoms with van der Waals surface area (Å²) in [5.41, 5.74) is -1.16. The number of aromatic nitrogens is 3. The van der Waals surface area contributed by atoms with E-state index in [2.05, 4.69) is 5.10 Å². The van der Waals surface area contributed by atoms with Crippen LogP contribution in [0.15, 0.2) is 29.4 Å². The lowest BCUT2D eigenvalue weighted by atomic mass is 10.2. The third kappa shape index (κ3) is 4.28. The summed E-state index contributed by atoms with van der Waals surface area (Å²) in [5, 5.41) is 3.78. The predicted octanol–water partition coefficient (Wildman–Crippen LogP) is 3.39. The average Bonchev–Trinajstić information content (AvgIpc) is 3.46. The van der Waals surface area contributed by atoms with Crippen molar-refractivity contribution >= 4 is 33.8 Å². The van der Waals surface area contributed by atoms with E-state index in [1.165, 1.54) is 4.31 Å². The van der Waals surface area contributed by atoms with Crippen LogP contribution in [0.3, 0.4) is 0 Å². The zero-order valence-electron chi connectivity index (χ0n) is 15.7. The molecule has 30 heavy (non-hydrogen) atoms. The van der Waals surface area contributed by atoms with Crippen molar-refractivity contribution < 1.29 is 21.6 Å². The smallest absolute Gasteiger partial charge is 0.303 e. The molecule has 2 aliphatic rings. The fraction of sp³-hybridized carbons (Fsp3) is 0.529. The minimum absolute atomic E-state index is 0.156. The van der Waals surface area contributed by atoms with E-state index in [1.54, 1.807) is 11.0 Å². The lowest BCUT2D eigenvalue weighted by Crippen LogP contribution is -2.49. The highest BCUT2D eigenvalue weighted by Gasteiger charge is 2.36. The van der Waals surface area contributed by atoms with Crippen LogP contribution < -0.4 is 0 Å². The van der Waals surface area contributed by atoms with Crippen molar-refractivity contribution in [1.29, 1.82) is 0 Å². The van der Waals surface area contributed by atoms with Crippen LogP contribution in [0.1, 0.15) is 24.4 Å². The maximum absolute atomic E-state index is 13.1. The molecule has 1 aromatic carbocycles. The molecule has 13 heteroatoms. The maximum atomic E-state index is 13.1. The molecule has 2 aromatic rings. The second-order valence-corrected chi connectivity index (χ2v) is 10.1. The van der Waals surface area contributed by atoms with Crippen molar-refractivity contribution in [2.45, 2.75) is 36.6 Å². The average molecular weight is 482 g/mol. The van der Waals surface area contributed by atoms with Crippen LogP contribution in [-0.2, 0) is 22.9 Å². The van der Waals surface area contributed by atoms with Gasteiger partial charge >= 0.3 is 6.18 Å². The van der Waals surface area contributed by atoms with Crippen LogP contribution >= 0.6 is 23.8 Å². The highest BCUT2D eigenvalue weighted by molar-refractivity contribution is 7.89. The molecule has 0 bridgehead atoms. The van der Waals surface area contributed by atoms with Crippen molar-refractivity contribution in [3.05, 3.63) is 39.9 Å². The van der Waals surface area contributed by atoms with Gasteiger partial charge in [0.2, 0.25) is 10.0 Å². The van der Waals surface area contributed by atoms with Crippen LogP contribution in [0.5, 0.6) is 0 Å². The summed E-state index contributed by atoms with van der Waals surface area (Å²) in [5.74, 6) is 0. The normalized spacial score (nSPS) is 19.3. The molecular formula is C17H19ClF3N5O2S2. The number of hydrogen-bond donors (Lipinski definition) is 0. The van der Waals surface area contributed by atoms with Gasteiger partial charge in [0.15, 0.2) is 4.77 Å². The summed E-state index contributed by atoms with van der Waals surface area (Å²) in [7, 11) is -4.06. The maximum Gasteiger partial charge on any atom is 0.417 e. The molecule has 2 heterocycles. The number of benzene rings is 1. The standard InChI is InChI=1S/C17H19ClF3N5O2S2/c18-15-4-3-13(9-14(15)17(19,20)21)30(27,28)24-7-5-23(6-8-24)11-26-16(29)25(10-22-26)12-1-2-12/h3-4,9-10,12H,1-2,5-8,11H2. The van der Waals surface area contributed by atoms with Crippen molar-refractivity contribution in [3.63, 3.8) is 0 Å². The molecule has 1 saturated carbocycles. The molecule has 7 nitrogen and oxygen atoms in total. The number of nitrogens with zero attached hydrogens (tertiary/aromatic N) is 5. The molecule has 4 rings (SSSR count). The molecule has 0 spiro atoms. The zero-order chi connectivity index (χ0) is 21.7. The van der Waals surface area contributed by atoms with Crippen LogP contribution in [-0.4, -0.2) is 58.1 Å². The van der Waals surface area contributed by atoms with Gasteiger partial charge in [0.05, 0.1) is 22.2 Å². The fourth-order valence-corrected chi connectivity index (χ4v) is 5.36. The van der Waals surface area contributed by atoms with Crippen molar-refractivity contribution in [2.24, 2.45) is 0 Å². The molecule has 1 aliphatic carbocycles. The third-order valence-corrected chi connectivity index (χ3v) is 7.89. The summed E-state index contributed by atoms with van der Waals surface area (Å²) in [4.78, 5) is 1.59. The van der Waals surface area contributed by atoms with Gasteiger partial charge in [-0.25, -0.2) is 13.1 Å². The second-order valence-electron chi connectivity index (χ2n) is 7.35. The number of hydrogen-bond acceptors (Lipinski definition) is 5. The summed E-state index contributed by atoms with van der Waals surface area (Å²) < 4.78 is 70.4. The van der Waals surface area contributed by atoms with E-state index >= 15 is 0 Å². The van der Waals surface area contributed by atoms with Crippen molar-refractivity contribution in [1.82, 2.24) is 23.6 Å². The van der Waals surface area contributed by atoms with Crippen LogP contribution in [0.25, 0.3) is 0 Å². The molecule has 1 aliphatic heterocycles. The Morgan fingerprint density at radius 2 is 1.83 bits per heavy atom. The fourth-order valence-electron chi connectivity index (χ4n) is 3.38. The van der Waals surface area contributed by atoms with Gasteiger partial charge in [-0.15, -0.1) is 0 Å². The summed E-state index contributed by atoms with van der Waals surface area (Å²) in [6.45, 7) is 1.57. The highest BCUT2D eigenvalue weighted by atomic mass is 35.5. The first-order chi connectivity index (χ1) is 14.1. The van der Waals surface area contributed by atoms with Crippen LogP contribution in [0.4, 0.5) is 13.2 Å². The Balaban J connectivity index is 1.44. The molecule has 0 amide bonds. The Morgan fingerprint density at radius 3 is 2.43 bits per heavy atom. The van der Waals surface area contributed by atoms with E-state index in [-0.39, 0.29) is 13.1 Å². The molecule has 0 unspecified atom stereocenters. The Kier molecular flexibility index (Phi) is 5.73. The van der Waals surface area contributed by atoms with E-state index in [4.69, 9.17) is 23.8 Å². The predicted molar refractivity (Wildman–Crippen MR) is 106 cm³/mol. The van der Waals surface area contributed by atoms with E-state index in [0.29, 0.717) is 36.6 Å². The first-order valence-corrected chi connectivity index (χ1v) is 11.5. The number of sulfonamides is 1. The van der Waals surface area contributed by atoms with E-state index < -0.39 is 31.7 Å². The van der Waals surface area contributed by atoms with E-state index in [0.717, 1.165) is 25.0 Å². The number of alkyl halides is 3. The van der Waals surface area contributed by atoms with Gasteiger partial charge < -0.3 is 4.57 Å². The van der Waals surface area contributed by atoms with Crippen LogP contribution in [0, 0.1) is 4.77 Å². The molecular weight excluding hydrogens is 463 g/mol. The van der Waals surface area contributed by atoms with E-state index in [1.807, 2.05) is 9.47 Å². The first-order valence-electron chi connectivity index (χ1n) is 9.30. The minimum Gasteiger partial charge on any atom is -0.303 e. The van der Waals surface area contributed by atoms with Gasteiger partial charge in [-0.3, -0.25) is 4.90 Å². The molecule has 0 N–H and O–H groups in total. The lowest BCUT2D eigenvalue weighted by Gasteiger charge is -2.33. The third-order valence-electron chi connectivity index (χ3n) is 5.24. The molecule has 1 saturated heterocycles. The molecule has 0 atom stereocenters. The van der Waals surface area contributed by atoms with Gasteiger partial charge in [-0.2, -0.15) is 22.6 Å². The van der Waals surface area contributed by atoms with Gasteiger partial charge in [-0.05, 0) is 43.3 Å². The molecule has 164 valence electrons.